The van der Waals surface area contributed by atoms with Gasteiger partial charge in [-0.3, -0.25) is 4.90 Å². The Bertz CT molecular complexity index is 708. The van der Waals surface area contributed by atoms with Gasteiger partial charge in [-0.1, -0.05) is 49.1 Å². The zero-order chi connectivity index (χ0) is 16.4. The highest BCUT2D eigenvalue weighted by Gasteiger charge is 2.25. The fourth-order valence-electron chi connectivity index (χ4n) is 3.81. The molecule has 0 atom stereocenters. The van der Waals surface area contributed by atoms with Gasteiger partial charge in [0, 0.05) is 29.9 Å². The van der Waals surface area contributed by atoms with Crippen molar-refractivity contribution in [1.29, 1.82) is 0 Å². The third kappa shape index (κ3) is 3.41. The first-order valence-electron chi connectivity index (χ1n) is 9.13. The van der Waals surface area contributed by atoms with Crippen LogP contribution in [0.2, 0.25) is 0 Å². The van der Waals surface area contributed by atoms with E-state index in [1.165, 1.54) is 43.4 Å². The lowest BCUT2D eigenvalue weighted by Gasteiger charge is -2.29. The van der Waals surface area contributed by atoms with E-state index in [0.29, 0.717) is 0 Å². The van der Waals surface area contributed by atoms with Gasteiger partial charge in [0.25, 0.3) is 0 Å². The minimum absolute atomic E-state index is 0.761. The Morgan fingerprint density at radius 1 is 1.04 bits per heavy atom. The molecule has 2 heterocycles. The molecule has 1 aliphatic carbocycles. The quantitative estimate of drug-likeness (QED) is 0.880. The summed E-state index contributed by atoms with van der Waals surface area (Å²) in [5, 5.41) is 3.54. The van der Waals surface area contributed by atoms with Crippen molar-refractivity contribution in [2.75, 3.05) is 13.2 Å². The zero-order valence-electron chi connectivity index (χ0n) is 14.4. The Morgan fingerprint density at radius 3 is 2.62 bits per heavy atom. The van der Waals surface area contributed by atoms with Crippen LogP contribution in [0.5, 0.6) is 0 Å². The molecular weight excluding hydrogens is 296 g/mol. The number of rotatable bonds is 3. The number of hydrogen-bond acceptors (Lipinski definition) is 3. The van der Waals surface area contributed by atoms with Crippen LogP contribution >= 0.6 is 0 Å². The van der Waals surface area contributed by atoms with Crippen LogP contribution in [0.15, 0.2) is 46.5 Å². The Hall–Kier alpha value is -2.00. The largest absolute Gasteiger partial charge is 0.457 e. The minimum Gasteiger partial charge on any atom is -0.457 e. The van der Waals surface area contributed by atoms with Crippen LogP contribution in [0.4, 0.5) is 0 Å². The number of hydrogen-bond donors (Lipinski definition) is 1. The monoisotopic (exact) mass is 322 g/mol. The summed E-state index contributed by atoms with van der Waals surface area (Å²) in [6, 6.07) is 13.4. The molecule has 0 bridgehead atoms. The molecule has 126 valence electrons. The maximum Gasteiger partial charge on any atom is 0.134 e. The maximum atomic E-state index is 6.02. The van der Waals surface area contributed by atoms with E-state index in [4.69, 9.17) is 4.42 Å². The van der Waals surface area contributed by atoms with Crippen LogP contribution in [-0.2, 0) is 0 Å². The molecule has 0 unspecified atom stereocenters. The molecule has 1 aliphatic heterocycles. The smallest absolute Gasteiger partial charge is 0.134 e. The van der Waals surface area contributed by atoms with Crippen LogP contribution in [0.3, 0.4) is 0 Å². The van der Waals surface area contributed by atoms with Gasteiger partial charge in [0.2, 0.25) is 0 Å². The fourth-order valence-corrected chi connectivity index (χ4v) is 3.81. The van der Waals surface area contributed by atoms with E-state index in [-0.39, 0.29) is 0 Å². The first-order chi connectivity index (χ1) is 11.8. The molecule has 1 N–H and O–H groups in total. The van der Waals surface area contributed by atoms with Gasteiger partial charge in [-0.2, -0.15) is 0 Å². The summed E-state index contributed by atoms with van der Waals surface area (Å²) in [5.41, 5.74) is 3.67. The summed E-state index contributed by atoms with van der Waals surface area (Å²) in [6.07, 6.45) is 9.05. The summed E-state index contributed by atoms with van der Waals surface area (Å²) in [7, 11) is 0. The van der Waals surface area contributed by atoms with Gasteiger partial charge < -0.3 is 9.73 Å². The van der Waals surface area contributed by atoms with Crippen LogP contribution in [0, 0.1) is 6.92 Å². The number of aryl methyl sites for hydroxylation is 1. The van der Waals surface area contributed by atoms with Crippen molar-refractivity contribution in [3.8, 4) is 11.3 Å². The van der Waals surface area contributed by atoms with Crippen LogP contribution < -0.4 is 5.32 Å². The van der Waals surface area contributed by atoms with Gasteiger partial charge in [0.1, 0.15) is 11.5 Å². The molecule has 1 aromatic carbocycles. The molecule has 2 aliphatic rings. The topological polar surface area (TPSA) is 28.4 Å². The van der Waals surface area contributed by atoms with Crippen LogP contribution in [0.1, 0.15) is 43.4 Å². The lowest BCUT2D eigenvalue weighted by atomic mass is 9.94. The third-order valence-corrected chi connectivity index (χ3v) is 5.25. The van der Waals surface area contributed by atoms with Gasteiger partial charge in [0.05, 0.1) is 6.67 Å². The molecule has 3 nitrogen and oxygen atoms in total. The van der Waals surface area contributed by atoms with Gasteiger partial charge in [0.15, 0.2) is 0 Å². The summed E-state index contributed by atoms with van der Waals surface area (Å²) in [5.74, 6) is 1.86. The van der Waals surface area contributed by atoms with E-state index < -0.39 is 0 Å². The maximum absolute atomic E-state index is 6.02. The molecule has 0 amide bonds. The van der Waals surface area contributed by atoms with Gasteiger partial charge in [-0.25, -0.2) is 0 Å². The lowest BCUT2D eigenvalue weighted by Crippen LogP contribution is -2.35. The van der Waals surface area contributed by atoms with E-state index in [2.05, 4.69) is 59.6 Å². The zero-order valence-corrected chi connectivity index (χ0v) is 14.4. The second-order valence-electron chi connectivity index (χ2n) is 7.11. The molecule has 1 saturated carbocycles. The third-order valence-electron chi connectivity index (χ3n) is 5.25. The highest BCUT2D eigenvalue weighted by Crippen LogP contribution is 2.26. The average Bonchev–Trinajstić information content (AvgIpc) is 3.27. The Morgan fingerprint density at radius 2 is 1.83 bits per heavy atom. The van der Waals surface area contributed by atoms with Crippen molar-refractivity contribution in [3.63, 3.8) is 0 Å². The summed E-state index contributed by atoms with van der Waals surface area (Å²) >= 11 is 0. The molecule has 0 radical (unpaired) electrons. The van der Waals surface area contributed by atoms with E-state index in [1.54, 1.807) is 0 Å². The van der Waals surface area contributed by atoms with Crippen molar-refractivity contribution in [1.82, 2.24) is 10.2 Å². The Balaban J connectivity index is 1.43. The number of nitrogens with zero attached hydrogens (tertiary/aromatic N) is 1. The Kier molecular flexibility index (Phi) is 4.44. The second-order valence-corrected chi connectivity index (χ2v) is 7.11. The molecule has 1 aromatic heterocycles. The minimum atomic E-state index is 0.761. The van der Waals surface area contributed by atoms with Gasteiger partial charge in [-0.05, 0) is 31.9 Å². The average molecular weight is 322 g/mol. The predicted molar refractivity (Wildman–Crippen MR) is 98.4 cm³/mol. The van der Waals surface area contributed by atoms with Crippen molar-refractivity contribution in [2.24, 2.45) is 0 Å². The summed E-state index contributed by atoms with van der Waals surface area (Å²) in [6.45, 7) is 4.10. The fraction of sp³-hybridized carbons (Fsp3) is 0.429. The first kappa shape index (κ1) is 15.5. The number of furan rings is 1. The molecule has 0 spiro atoms. The van der Waals surface area contributed by atoms with Crippen LogP contribution in [0.25, 0.3) is 17.4 Å². The lowest BCUT2D eigenvalue weighted by molar-refractivity contribution is 0.191. The van der Waals surface area contributed by atoms with Crippen molar-refractivity contribution < 1.29 is 4.42 Å². The van der Waals surface area contributed by atoms with Gasteiger partial charge >= 0.3 is 0 Å². The second kappa shape index (κ2) is 6.86. The van der Waals surface area contributed by atoms with E-state index in [9.17, 15) is 0 Å². The molecule has 1 saturated heterocycles. The molecule has 3 heteroatoms. The van der Waals surface area contributed by atoms with Gasteiger partial charge in [-0.15, -0.1) is 0 Å². The first-order valence-corrected chi connectivity index (χ1v) is 9.13. The molecule has 4 rings (SSSR count). The molecule has 2 aromatic rings. The normalized spacial score (nSPS) is 21.3. The SMILES string of the molecule is Cc1ccc(-c2ccc(/C=C3/CN(C4CCCCC4)CN3)o2)cc1. The van der Waals surface area contributed by atoms with Crippen molar-refractivity contribution in [3.05, 3.63) is 53.4 Å². The Labute approximate surface area is 144 Å². The standard InChI is InChI=1S/C21H26N2O/c1-16-7-9-17(10-8-16)21-12-11-20(24-21)13-18-14-23(15-22-18)19-5-3-2-4-6-19/h7-13,19,22H,2-6,14-15H2,1H3/b18-13-. The number of nitrogens with one attached hydrogen (secondary N) is 1. The van der Waals surface area contributed by atoms with E-state index >= 15 is 0 Å². The highest BCUT2D eigenvalue weighted by atomic mass is 16.3. The van der Waals surface area contributed by atoms with Crippen LogP contribution in [-0.4, -0.2) is 24.2 Å². The molecule has 24 heavy (non-hydrogen) atoms. The summed E-state index contributed by atoms with van der Waals surface area (Å²) in [4.78, 5) is 2.58. The van der Waals surface area contributed by atoms with Crippen molar-refractivity contribution >= 4 is 6.08 Å². The predicted octanol–water partition coefficient (Wildman–Crippen LogP) is 4.79. The van der Waals surface area contributed by atoms with E-state index in [0.717, 1.165) is 36.3 Å². The summed E-state index contributed by atoms with van der Waals surface area (Å²) < 4.78 is 6.02. The highest BCUT2D eigenvalue weighted by molar-refractivity contribution is 5.60. The molecule has 2 fully saturated rings. The molecular formula is C21H26N2O. The number of benzene rings is 1. The van der Waals surface area contributed by atoms with E-state index in [1.807, 2.05) is 0 Å². The van der Waals surface area contributed by atoms with Crippen molar-refractivity contribution in [2.45, 2.75) is 45.1 Å².